The quantitative estimate of drug-likeness (QED) is 0.659. The summed E-state index contributed by atoms with van der Waals surface area (Å²) in [5, 5.41) is 8.20. The summed E-state index contributed by atoms with van der Waals surface area (Å²) in [7, 11) is -3.48. The number of fused-ring (bicyclic) bond motifs is 1. The Hall–Kier alpha value is -2.48. The molecule has 1 aromatic carbocycles. The molecule has 0 aliphatic rings. The van der Waals surface area contributed by atoms with Crippen LogP contribution in [-0.2, 0) is 10.0 Å². The van der Waals surface area contributed by atoms with E-state index in [9.17, 15) is 13.2 Å². The minimum atomic E-state index is -3.48. The van der Waals surface area contributed by atoms with Gasteiger partial charge in [0.2, 0.25) is 0 Å². The van der Waals surface area contributed by atoms with Gasteiger partial charge in [-0.15, -0.1) is 9.19 Å². The normalized spacial score (nSPS) is 11.9. The lowest BCUT2D eigenvalue weighted by Crippen LogP contribution is -2.10. The highest BCUT2D eigenvalue weighted by molar-refractivity contribution is 7.89. The third-order valence-electron chi connectivity index (χ3n) is 3.06. The highest BCUT2D eigenvalue weighted by atomic mass is 32.2. The average molecular weight is 305 g/mol. The van der Waals surface area contributed by atoms with E-state index in [2.05, 4.69) is 10.3 Å². The Labute approximate surface area is 119 Å². The Morgan fingerprint density at radius 3 is 2.67 bits per heavy atom. The Kier molecular flexibility index (Phi) is 2.91. The van der Waals surface area contributed by atoms with Gasteiger partial charge in [0.05, 0.1) is 12.5 Å². The van der Waals surface area contributed by atoms with Crippen LogP contribution in [0.1, 0.15) is 5.56 Å². The number of hydrogen-bond acceptors (Lipinski definition) is 6. The lowest BCUT2D eigenvalue weighted by molar-refractivity contribution is 0.560. The number of aromatic nitrogens is 3. The molecule has 3 rings (SSSR count). The van der Waals surface area contributed by atoms with Crippen LogP contribution >= 0.6 is 0 Å². The molecule has 3 aromatic rings. The van der Waals surface area contributed by atoms with Crippen molar-refractivity contribution in [1.82, 2.24) is 14.4 Å². The molecule has 0 unspecified atom stereocenters. The highest BCUT2D eigenvalue weighted by Gasteiger charge is 2.12. The number of hydrogen-bond donors (Lipinski definition) is 0. The number of nitrogens with zero attached hydrogens (tertiary/aromatic N) is 3. The third-order valence-corrected chi connectivity index (χ3v) is 3.92. The van der Waals surface area contributed by atoms with Crippen molar-refractivity contribution in [3.8, 4) is 11.3 Å². The molecule has 2 heterocycles. The maximum atomic E-state index is 11.4. The van der Waals surface area contributed by atoms with Crippen molar-refractivity contribution in [3.05, 3.63) is 46.4 Å². The van der Waals surface area contributed by atoms with E-state index in [1.54, 1.807) is 18.2 Å². The van der Waals surface area contributed by atoms with Crippen molar-refractivity contribution in [2.24, 2.45) is 0 Å². The Bertz CT molecular complexity index is 1000. The van der Waals surface area contributed by atoms with E-state index >= 15 is 0 Å². The van der Waals surface area contributed by atoms with Crippen LogP contribution in [0.5, 0.6) is 0 Å². The van der Waals surface area contributed by atoms with Crippen LogP contribution in [0.25, 0.3) is 22.2 Å². The smallest absolute Gasteiger partial charge is 0.336 e. The van der Waals surface area contributed by atoms with Gasteiger partial charge in [-0.2, -0.15) is 0 Å². The first kappa shape index (κ1) is 13.5. The standard InChI is InChI=1S/C13H11N3O4S/c1-8-5-13(17)20-12-6-9(3-4-10(8)12)11-7-16(15-14-11)21(2,18)19/h3-7H,1-2H3. The lowest BCUT2D eigenvalue weighted by Gasteiger charge is -2.02. The van der Waals surface area contributed by atoms with E-state index < -0.39 is 15.6 Å². The van der Waals surface area contributed by atoms with Crippen molar-refractivity contribution in [3.63, 3.8) is 0 Å². The summed E-state index contributed by atoms with van der Waals surface area (Å²) >= 11 is 0. The molecular formula is C13H11N3O4S. The number of benzene rings is 1. The van der Waals surface area contributed by atoms with Gasteiger partial charge in [-0.05, 0) is 18.6 Å². The number of rotatable bonds is 2. The molecule has 8 heteroatoms. The van der Waals surface area contributed by atoms with E-state index in [0.717, 1.165) is 21.3 Å². The van der Waals surface area contributed by atoms with E-state index in [0.29, 0.717) is 16.8 Å². The molecule has 0 bridgehead atoms. The molecular weight excluding hydrogens is 294 g/mol. The summed E-state index contributed by atoms with van der Waals surface area (Å²) in [6, 6.07) is 6.62. The zero-order valence-corrected chi connectivity index (χ0v) is 12.1. The molecule has 0 fully saturated rings. The van der Waals surface area contributed by atoms with Crippen LogP contribution in [0.4, 0.5) is 0 Å². The average Bonchev–Trinajstić information content (AvgIpc) is 2.87. The maximum Gasteiger partial charge on any atom is 0.336 e. The third kappa shape index (κ3) is 2.45. The van der Waals surface area contributed by atoms with Crippen molar-refractivity contribution < 1.29 is 12.8 Å². The van der Waals surface area contributed by atoms with Crippen molar-refractivity contribution in [1.29, 1.82) is 0 Å². The predicted molar refractivity (Wildman–Crippen MR) is 76.5 cm³/mol. The van der Waals surface area contributed by atoms with E-state index in [4.69, 9.17) is 4.42 Å². The Balaban J connectivity index is 2.17. The monoisotopic (exact) mass is 305 g/mol. The van der Waals surface area contributed by atoms with E-state index in [1.807, 2.05) is 6.92 Å². The molecule has 0 aliphatic heterocycles. The van der Waals surface area contributed by atoms with E-state index in [1.165, 1.54) is 12.3 Å². The van der Waals surface area contributed by atoms with Crippen LogP contribution in [0.15, 0.2) is 39.7 Å². The summed E-state index contributed by atoms with van der Waals surface area (Å²) in [5.74, 6) is 0. The first-order valence-electron chi connectivity index (χ1n) is 6.02. The van der Waals surface area contributed by atoms with Gasteiger partial charge in [0, 0.05) is 17.0 Å². The lowest BCUT2D eigenvalue weighted by atomic mass is 10.1. The SMILES string of the molecule is Cc1cc(=O)oc2cc(-c3cn(S(C)(=O)=O)nn3)ccc12. The molecule has 0 amide bonds. The molecule has 108 valence electrons. The zero-order chi connectivity index (χ0) is 15.2. The Morgan fingerprint density at radius 1 is 1.24 bits per heavy atom. The van der Waals surface area contributed by atoms with Gasteiger partial charge in [0.1, 0.15) is 11.3 Å². The summed E-state index contributed by atoms with van der Waals surface area (Å²) in [6.07, 6.45) is 2.35. The fraction of sp³-hybridized carbons (Fsp3) is 0.154. The van der Waals surface area contributed by atoms with Crippen LogP contribution in [0.3, 0.4) is 0 Å². The predicted octanol–water partition coefficient (Wildman–Crippen LogP) is 1.17. The summed E-state index contributed by atoms with van der Waals surface area (Å²) in [5.41, 5.74) is 1.80. The molecule has 0 aliphatic carbocycles. The van der Waals surface area contributed by atoms with Gasteiger partial charge in [-0.3, -0.25) is 0 Å². The fourth-order valence-corrected chi connectivity index (χ4v) is 2.49. The first-order valence-corrected chi connectivity index (χ1v) is 7.87. The van der Waals surface area contributed by atoms with Gasteiger partial charge >= 0.3 is 5.63 Å². The summed E-state index contributed by atoms with van der Waals surface area (Å²) in [4.78, 5) is 11.4. The molecule has 0 N–H and O–H groups in total. The Morgan fingerprint density at radius 2 is 2.00 bits per heavy atom. The zero-order valence-electron chi connectivity index (χ0n) is 11.3. The number of aryl methyl sites for hydroxylation is 1. The second kappa shape index (κ2) is 4.52. The topological polar surface area (TPSA) is 95.1 Å². The van der Waals surface area contributed by atoms with Crippen LogP contribution < -0.4 is 5.63 Å². The van der Waals surface area contributed by atoms with E-state index in [-0.39, 0.29) is 0 Å². The van der Waals surface area contributed by atoms with Crippen molar-refractivity contribution in [2.45, 2.75) is 6.92 Å². The van der Waals surface area contributed by atoms with Gasteiger partial charge in [0.25, 0.3) is 10.0 Å². The summed E-state index contributed by atoms with van der Waals surface area (Å²) in [6.45, 7) is 1.82. The molecule has 7 nitrogen and oxygen atoms in total. The largest absolute Gasteiger partial charge is 0.423 e. The molecule has 0 saturated carbocycles. The minimum Gasteiger partial charge on any atom is -0.423 e. The van der Waals surface area contributed by atoms with Gasteiger partial charge < -0.3 is 4.42 Å². The second-order valence-electron chi connectivity index (χ2n) is 4.70. The molecule has 0 saturated heterocycles. The second-order valence-corrected chi connectivity index (χ2v) is 6.54. The van der Waals surface area contributed by atoms with Crippen LogP contribution in [0, 0.1) is 6.92 Å². The fourth-order valence-electron chi connectivity index (χ4n) is 2.03. The molecule has 21 heavy (non-hydrogen) atoms. The van der Waals surface area contributed by atoms with Gasteiger partial charge in [-0.25, -0.2) is 13.2 Å². The van der Waals surface area contributed by atoms with Crippen molar-refractivity contribution in [2.75, 3.05) is 6.26 Å². The molecule has 0 radical (unpaired) electrons. The van der Waals surface area contributed by atoms with Gasteiger partial charge in [0.15, 0.2) is 0 Å². The minimum absolute atomic E-state index is 0.381. The molecule has 0 spiro atoms. The maximum absolute atomic E-state index is 11.4. The van der Waals surface area contributed by atoms with Crippen LogP contribution in [-0.4, -0.2) is 29.1 Å². The summed E-state index contributed by atoms with van der Waals surface area (Å²) < 4.78 is 28.7. The molecule has 0 atom stereocenters. The van der Waals surface area contributed by atoms with Crippen LogP contribution in [0.2, 0.25) is 0 Å². The van der Waals surface area contributed by atoms with Crippen molar-refractivity contribution >= 4 is 21.0 Å². The highest BCUT2D eigenvalue weighted by Crippen LogP contribution is 2.23. The first-order chi connectivity index (χ1) is 9.84. The van der Waals surface area contributed by atoms with Gasteiger partial charge in [-0.1, -0.05) is 17.3 Å². The molecule has 2 aromatic heterocycles.